The van der Waals surface area contributed by atoms with Crippen LogP contribution >= 0.6 is 27.3 Å². The number of hydrogen-bond donors (Lipinski definition) is 1. The molecule has 0 aliphatic rings. The van der Waals surface area contributed by atoms with Crippen LogP contribution in [0.3, 0.4) is 0 Å². The fourth-order valence-electron chi connectivity index (χ4n) is 1.74. The number of nitrogens with one attached hydrogen (secondary N) is 1. The number of nitro groups is 1. The molecule has 0 spiro atoms. The molecule has 0 aliphatic carbocycles. The van der Waals surface area contributed by atoms with Gasteiger partial charge in [0.1, 0.15) is 16.5 Å². The van der Waals surface area contributed by atoms with Gasteiger partial charge in [-0.25, -0.2) is 9.37 Å². The van der Waals surface area contributed by atoms with E-state index in [4.69, 9.17) is 0 Å². The fraction of sp³-hybridized carbons (Fsp3) is 0.250. The third kappa shape index (κ3) is 3.13. The Kier molecular flexibility index (Phi) is 4.66. The standard InChI is InChI=1S/C12H11BrFN3O2S/c1-2-9(12-15-3-4-20-12)16-10-5-7(13)8(14)6-11(10)17(18)19/h3-6,9,16H,2H2,1H3. The third-order valence-electron chi connectivity index (χ3n) is 2.72. The highest BCUT2D eigenvalue weighted by atomic mass is 79.9. The SMILES string of the molecule is CCC(Nc1cc(Br)c(F)cc1[N+](=O)[O-])c1nccs1. The lowest BCUT2D eigenvalue weighted by Crippen LogP contribution is -2.11. The molecule has 0 aliphatic heterocycles. The minimum absolute atomic E-state index is 0.147. The molecule has 20 heavy (non-hydrogen) atoms. The van der Waals surface area contributed by atoms with Gasteiger partial charge in [-0.3, -0.25) is 10.1 Å². The monoisotopic (exact) mass is 359 g/mol. The minimum atomic E-state index is -0.662. The molecule has 0 saturated heterocycles. The Morgan fingerprint density at radius 1 is 1.60 bits per heavy atom. The first-order valence-electron chi connectivity index (χ1n) is 5.82. The van der Waals surface area contributed by atoms with E-state index in [9.17, 15) is 14.5 Å². The second kappa shape index (κ2) is 6.27. The average Bonchev–Trinajstić information content (AvgIpc) is 2.93. The molecule has 1 heterocycles. The number of aromatic nitrogens is 1. The van der Waals surface area contributed by atoms with Crippen LogP contribution in [0, 0.1) is 15.9 Å². The Balaban J connectivity index is 2.37. The highest BCUT2D eigenvalue weighted by molar-refractivity contribution is 9.10. The third-order valence-corrected chi connectivity index (χ3v) is 4.22. The predicted octanol–water partition coefficient (Wildman–Crippen LogP) is 4.52. The van der Waals surface area contributed by atoms with Gasteiger partial charge in [0.15, 0.2) is 0 Å². The van der Waals surface area contributed by atoms with E-state index in [1.165, 1.54) is 17.4 Å². The van der Waals surface area contributed by atoms with Gasteiger partial charge in [0.05, 0.1) is 21.5 Å². The zero-order chi connectivity index (χ0) is 14.7. The van der Waals surface area contributed by atoms with Crippen molar-refractivity contribution in [2.45, 2.75) is 19.4 Å². The zero-order valence-electron chi connectivity index (χ0n) is 10.5. The Hall–Kier alpha value is -1.54. The van der Waals surface area contributed by atoms with Crippen LogP contribution in [0.4, 0.5) is 15.8 Å². The van der Waals surface area contributed by atoms with E-state index in [2.05, 4.69) is 26.2 Å². The van der Waals surface area contributed by atoms with Crippen molar-refractivity contribution in [3.05, 3.63) is 49.1 Å². The number of nitrogens with zero attached hydrogens (tertiary/aromatic N) is 2. The number of hydrogen-bond acceptors (Lipinski definition) is 5. The molecular formula is C12H11BrFN3O2S. The van der Waals surface area contributed by atoms with E-state index in [-0.39, 0.29) is 21.9 Å². The van der Waals surface area contributed by atoms with Gasteiger partial charge in [-0.1, -0.05) is 6.92 Å². The van der Waals surface area contributed by atoms with Gasteiger partial charge in [0.2, 0.25) is 0 Å². The van der Waals surface area contributed by atoms with Gasteiger partial charge >= 0.3 is 0 Å². The van der Waals surface area contributed by atoms with Crippen LogP contribution in [-0.2, 0) is 0 Å². The lowest BCUT2D eigenvalue weighted by molar-refractivity contribution is -0.384. The van der Waals surface area contributed by atoms with Crippen LogP contribution in [0.25, 0.3) is 0 Å². The maximum absolute atomic E-state index is 13.4. The van der Waals surface area contributed by atoms with Crippen molar-refractivity contribution < 1.29 is 9.31 Å². The van der Waals surface area contributed by atoms with Crippen LogP contribution in [0.1, 0.15) is 24.4 Å². The maximum Gasteiger partial charge on any atom is 0.295 e. The smallest absolute Gasteiger partial charge is 0.295 e. The van der Waals surface area contributed by atoms with Gasteiger partial charge in [-0.15, -0.1) is 11.3 Å². The van der Waals surface area contributed by atoms with E-state index in [0.717, 1.165) is 11.1 Å². The summed E-state index contributed by atoms with van der Waals surface area (Å²) in [6.45, 7) is 1.95. The first-order valence-corrected chi connectivity index (χ1v) is 7.49. The number of anilines is 1. The topological polar surface area (TPSA) is 68.1 Å². The number of rotatable bonds is 5. The lowest BCUT2D eigenvalue weighted by Gasteiger charge is -2.16. The van der Waals surface area contributed by atoms with Gasteiger partial charge in [0.25, 0.3) is 5.69 Å². The van der Waals surface area contributed by atoms with Crippen molar-refractivity contribution in [2.75, 3.05) is 5.32 Å². The Morgan fingerprint density at radius 2 is 2.35 bits per heavy atom. The molecule has 0 saturated carbocycles. The summed E-state index contributed by atoms with van der Waals surface area (Å²) in [6.07, 6.45) is 2.39. The van der Waals surface area contributed by atoms with E-state index >= 15 is 0 Å². The summed E-state index contributed by atoms with van der Waals surface area (Å²) in [5.74, 6) is -0.662. The number of benzene rings is 1. The van der Waals surface area contributed by atoms with Gasteiger partial charge in [-0.2, -0.15) is 0 Å². The van der Waals surface area contributed by atoms with Crippen molar-refractivity contribution in [3.8, 4) is 0 Å². The first kappa shape index (κ1) is 14.9. The van der Waals surface area contributed by atoms with E-state index in [1.807, 2.05) is 12.3 Å². The van der Waals surface area contributed by atoms with Crippen molar-refractivity contribution in [1.82, 2.24) is 4.98 Å². The predicted molar refractivity (Wildman–Crippen MR) is 79.5 cm³/mol. The Bertz CT molecular complexity index is 621. The average molecular weight is 360 g/mol. The summed E-state index contributed by atoms with van der Waals surface area (Å²) in [6, 6.07) is 2.14. The molecule has 0 fully saturated rings. The van der Waals surface area contributed by atoms with Crippen molar-refractivity contribution in [2.24, 2.45) is 0 Å². The van der Waals surface area contributed by atoms with E-state index < -0.39 is 10.7 Å². The summed E-state index contributed by atoms with van der Waals surface area (Å²) in [7, 11) is 0. The van der Waals surface area contributed by atoms with Crippen molar-refractivity contribution in [3.63, 3.8) is 0 Å². The summed E-state index contributed by atoms with van der Waals surface area (Å²) in [5.41, 5.74) is -0.0222. The fourth-order valence-corrected chi connectivity index (χ4v) is 2.85. The Morgan fingerprint density at radius 3 is 2.90 bits per heavy atom. The second-order valence-corrected chi connectivity index (χ2v) is 5.80. The van der Waals surface area contributed by atoms with Crippen LogP contribution in [0.5, 0.6) is 0 Å². The molecule has 2 aromatic rings. The molecular weight excluding hydrogens is 349 g/mol. The van der Waals surface area contributed by atoms with Crippen LogP contribution in [0.15, 0.2) is 28.2 Å². The van der Waals surface area contributed by atoms with Gasteiger partial charge in [0, 0.05) is 11.6 Å². The normalized spacial score (nSPS) is 12.2. The van der Waals surface area contributed by atoms with Gasteiger partial charge in [-0.05, 0) is 28.4 Å². The first-order chi connectivity index (χ1) is 9.52. The van der Waals surface area contributed by atoms with Crippen LogP contribution in [-0.4, -0.2) is 9.91 Å². The molecule has 2 rings (SSSR count). The highest BCUT2D eigenvalue weighted by Gasteiger charge is 2.21. The lowest BCUT2D eigenvalue weighted by atomic mass is 10.2. The molecule has 0 radical (unpaired) electrons. The molecule has 0 amide bonds. The van der Waals surface area contributed by atoms with Crippen LogP contribution < -0.4 is 5.32 Å². The summed E-state index contributed by atoms with van der Waals surface area (Å²) in [4.78, 5) is 14.6. The van der Waals surface area contributed by atoms with E-state index in [0.29, 0.717) is 6.42 Å². The molecule has 0 bridgehead atoms. The molecule has 1 unspecified atom stereocenters. The molecule has 1 atom stereocenters. The van der Waals surface area contributed by atoms with Gasteiger partial charge < -0.3 is 5.32 Å². The molecule has 5 nitrogen and oxygen atoms in total. The summed E-state index contributed by atoms with van der Waals surface area (Å²) < 4.78 is 13.6. The van der Waals surface area contributed by atoms with Crippen LogP contribution in [0.2, 0.25) is 0 Å². The highest BCUT2D eigenvalue weighted by Crippen LogP contribution is 2.34. The second-order valence-electron chi connectivity index (χ2n) is 4.02. The quantitative estimate of drug-likeness (QED) is 0.629. The molecule has 106 valence electrons. The maximum atomic E-state index is 13.4. The summed E-state index contributed by atoms with van der Waals surface area (Å²) >= 11 is 4.51. The van der Waals surface area contributed by atoms with E-state index in [1.54, 1.807) is 6.20 Å². The molecule has 1 aromatic heterocycles. The molecule has 1 N–H and O–H groups in total. The number of thiazole rings is 1. The minimum Gasteiger partial charge on any atom is -0.370 e. The Labute approximate surface area is 127 Å². The zero-order valence-corrected chi connectivity index (χ0v) is 12.9. The molecule has 8 heteroatoms. The van der Waals surface area contributed by atoms with Crippen molar-refractivity contribution >= 4 is 38.6 Å². The number of halogens is 2. The molecule has 1 aromatic carbocycles. The van der Waals surface area contributed by atoms with Crippen molar-refractivity contribution in [1.29, 1.82) is 0 Å². The number of nitro benzene ring substituents is 1. The largest absolute Gasteiger partial charge is 0.370 e. The summed E-state index contributed by atoms with van der Waals surface area (Å²) in [5, 5.41) is 16.7.